The zero-order valence-electron chi connectivity index (χ0n) is 8.89. The van der Waals surface area contributed by atoms with Gasteiger partial charge in [0.25, 0.3) is 0 Å². The number of fused-ring (bicyclic) bond motifs is 1. The Balaban J connectivity index is 2.21. The molecule has 5 heteroatoms. The molecule has 4 unspecified atom stereocenters. The second kappa shape index (κ2) is 4.22. The average Bonchev–Trinajstić information content (AvgIpc) is 2.56. The van der Waals surface area contributed by atoms with Gasteiger partial charge >= 0.3 is 5.97 Å². The van der Waals surface area contributed by atoms with Gasteiger partial charge in [0.1, 0.15) is 6.04 Å². The van der Waals surface area contributed by atoms with Gasteiger partial charge in [-0.05, 0) is 25.2 Å². The molecule has 2 aliphatic rings. The number of aliphatic carboxylic acids is 1. The number of nitrogens with zero attached hydrogens (tertiary/aromatic N) is 1. The van der Waals surface area contributed by atoms with Gasteiger partial charge in [-0.2, -0.15) is 0 Å². The van der Waals surface area contributed by atoms with Crippen LogP contribution >= 0.6 is 0 Å². The third-order valence-corrected chi connectivity index (χ3v) is 4.73. The van der Waals surface area contributed by atoms with Crippen LogP contribution in [0.5, 0.6) is 0 Å². The van der Waals surface area contributed by atoms with Gasteiger partial charge < -0.3 is 5.11 Å². The Morgan fingerprint density at radius 1 is 1.40 bits per heavy atom. The highest BCUT2D eigenvalue weighted by molar-refractivity contribution is 7.81. The van der Waals surface area contributed by atoms with E-state index in [1.54, 1.807) is 10.6 Å². The number of hydrogen-bond donors (Lipinski definition) is 1. The minimum atomic E-state index is -1.16. The van der Waals surface area contributed by atoms with Crippen molar-refractivity contribution in [3.8, 4) is 0 Å². The molecular weight excluding hydrogens is 214 g/mol. The van der Waals surface area contributed by atoms with Crippen molar-refractivity contribution in [3.05, 3.63) is 0 Å². The zero-order chi connectivity index (χ0) is 11.0. The summed E-state index contributed by atoms with van der Waals surface area (Å²) >= 11 is 0. The second-order valence-corrected chi connectivity index (χ2v) is 5.75. The zero-order valence-corrected chi connectivity index (χ0v) is 9.70. The molecule has 1 saturated heterocycles. The van der Waals surface area contributed by atoms with E-state index in [0.29, 0.717) is 12.3 Å². The smallest absolute Gasteiger partial charge is 0.321 e. The van der Waals surface area contributed by atoms with E-state index in [4.69, 9.17) is 5.11 Å². The summed E-state index contributed by atoms with van der Waals surface area (Å²) < 4.78 is 13.3. The quantitative estimate of drug-likeness (QED) is 0.771. The van der Waals surface area contributed by atoms with Crippen LogP contribution in [-0.4, -0.2) is 37.9 Å². The topological polar surface area (TPSA) is 57.6 Å². The molecule has 1 aliphatic carbocycles. The Morgan fingerprint density at radius 2 is 2.07 bits per heavy atom. The summed E-state index contributed by atoms with van der Waals surface area (Å²) in [7, 11) is -1.16. The molecule has 1 aliphatic heterocycles. The molecule has 0 aromatic carbocycles. The molecule has 0 aromatic heterocycles. The third kappa shape index (κ3) is 1.95. The SMILES string of the molecule is CS(=O)N1C(C(=O)O)CC2CCCCC21. The van der Waals surface area contributed by atoms with Crippen LogP contribution in [0.15, 0.2) is 0 Å². The van der Waals surface area contributed by atoms with Crippen molar-refractivity contribution in [2.24, 2.45) is 5.92 Å². The molecule has 0 aromatic rings. The molecule has 2 rings (SSSR count). The maximum absolute atomic E-state index is 11.6. The number of rotatable bonds is 2. The van der Waals surface area contributed by atoms with Crippen molar-refractivity contribution in [1.82, 2.24) is 4.31 Å². The van der Waals surface area contributed by atoms with E-state index in [9.17, 15) is 9.00 Å². The van der Waals surface area contributed by atoms with Gasteiger partial charge in [-0.15, -0.1) is 0 Å². The monoisotopic (exact) mass is 231 g/mol. The normalized spacial score (nSPS) is 38.6. The standard InChI is InChI=1S/C10H17NO3S/c1-15(14)11-8-5-3-2-4-7(8)6-9(11)10(12)13/h7-9H,2-6H2,1H3,(H,12,13). The summed E-state index contributed by atoms with van der Waals surface area (Å²) in [5, 5.41) is 9.10. The average molecular weight is 231 g/mol. The fraction of sp³-hybridized carbons (Fsp3) is 0.900. The van der Waals surface area contributed by atoms with Crippen LogP contribution in [0.4, 0.5) is 0 Å². The van der Waals surface area contributed by atoms with Crippen LogP contribution < -0.4 is 0 Å². The Kier molecular flexibility index (Phi) is 3.11. The molecule has 0 radical (unpaired) electrons. The molecule has 1 heterocycles. The van der Waals surface area contributed by atoms with Gasteiger partial charge in [0.05, 0.1) is 11.0 Å². The molecule has 15 heavy (non-hydrogen) atoms. The molecule has 0 spiro atoms. The molecule has 0 amide bonds. The number of carboxylic acids is 1. The minimum absolute atomic E-state index is 0.241. The highest BCUT2D eigenvalue weighted by atomic mass is 32.2. The predicted octanol–water partition coefficient (Wildman–Crippen LogP) is 0.998. The summed E-state index contributed by atoms with van der Waals surface area (Å²) in [4.78, 5) is 11.1. The van der Waals surface area contributed by atoms with Crippen molar-refractivity contribution >= 4 is 17.0 Å². The Hall–Kier alpha value is -0.420. The second-order valence-electron chi connectivity index (χ2n) is 4.49. The van der Waals surface area contributed by atoms with Gasteiger partial charge in [-0.25, -0.2) is 8.51 Å². The molecule has 0 bridgehead atoms. The first-order valence-corrected chi connectivity index (χ1v) is 6.97. The first-order chi connectivity index (χ1) is 7.11. The van der Waals surface area contributed by atoms with Crippen molar-refractivity contribution in [3.63, 3.8) is 0 Å². The maximum atomic E-state index is 11.6. The molecule has 86 valence electrons. The third-order valence-electron chi connectivity index (χ3n) is 3.61. The van der Waals surface area contributed by atoms with Crippen LogP contribution in [0.25, 0.3) is 0 Å². The lowest BCUT2D eigenvalue weighted by molar-refractivity contribution is -0.140. The molecule has 2 fully saturated rings. The van der Waals surface area contributed by atoms with Crippen LogP contribution in [0, 0.1) is 5.92 Å². The largest absolute Gasteiger partial charge is 0.480 e. The van der Waals surface area contributed by atoms with Crippen molar-refractivity contribution in [1.29, 1.82) is 0 Å². The predicted molar refractivity (Wildman–Crippen MR) is 57.7 cm³/mol. The molecule has 4 atom stereocenters. The molecular formula is C10H17NO3S. The number of hydrogen-bond acceptors (Lipinski definition) is 2. The van der Waals surface area contributed by atoms with Crippen molar-refractivity contribution < 1.29 is 14.1 Å². The summed E-state index contributed by atoms with van der Waals surface area (Å²) in [5.74, 6) is -0.372. The van der Waals surface area contributed by atoms with Crippen LogP contribution in [0.2, 0.25) is 0 Å². The van der Waals surface area contributed by atoms with Crippen LogP contribution in [0.1, 0.15) is 32.1 Å². The molecule has 1 N–H and O–H groups in total. The van der Waals surface area contributed by atoms with Gasteiger partial charge in [0.15, 0.2) is 0 Å². The lowest BCUT2D eigenvalue weighted by Crippen LogP contribution is -2.42. The Bertz CT molecular complexity index is 294. The number of carboxylic acid groups (broad SMARTS) is 1. The van der Waals surface area contributed by atoms with E-state index in [1.165, 1.54) is 6.42 Å². The van der Waals surface area contributed by atoms with E-state index < -0.39 is 23.0 Å². The van der Waals surface area contributed by atoms with Gasteiger partial charge in [0, 0.05) is 12.3 Å². The summed E-state index contributed by atoms with van der Waals surface area (Å²) in [6, 6.07) is -0.283. The summed E-state index contributed by atoms with van der Waals surface area (Å²) in [5.41, 5.74) is 0. The van der Waals surface area contributed by atoms with E-state index in [1.807, 2.05) is 0 Å². The first-order valence-electron chi connectivity index (χ1n) is 5.46. The number of carbonyl (C=O) groups is 1. The van der Waals surface area contributed by atoms with Gasteiger partial charge in [-0.3, -0.25) is 4.79 Å². The lowest BCUT2D eigenvalue weighted by Gasteiger charge is -2.30. The van der Waals surface area contributed by atoms with Crippen LogP contribution in [-0.2, 0) is 15.8 Å². The minimum Gasteiger partial charge on any atom is -0.480 e. The summed E-state index contributed by atoms with van der Waals surface area (Å²) in [6.07, 6.45) is 6.71. The maximum Gasteiger partial charge on any atom is 0.321 e. The highest BCUT2D eigenvalue weighted by Gasteiger charge is 2.46. The Labute approximate surface area is 92.2 Å². The fourth-order valence-corrected chi connectivity index (χ4v) is 4.19. The van der Waals surface area contributed by atoms with E-state index in [2.05, 4.69) is 0 Å². The van der Waals surface area contributed by atoms with Crippen LogP contribution in [0.3, 0.4) is 0 Å². The first kappa shape index (κ1) is 11.1. The lowest BCUT2D eigenvalue weighted by atomic mass is 9.85. The molecule has 4 nitrogen and oxygen atoms in total. The molecule has 1 saturated carbocycles. The van der Waals surface area contributed by atoms with Gasteiger partial charge in [-0.1, -0.05) is 12.8 Å². The Morgan fingerprint density at radius 3 is 2.67 bits per heavy atom. The van der Waals surface area contributed by atoms with Crippen molar-refractivity contribution in [2.45, 2.75) is 44.2 Å². The van der Waals surface area contributed by atoms with E-state index in [-0.39, 0.29) is 6.04 Å². The van der Waals surface area contributed by atoms with E-state index >= 15 is 0 Å². The fourth-order valence-electron chi connectivity index (χ4n) is 3.00. The van der Waals surface area contributed by atoms with Gasteiger partial charge in [0.2, 0.25) is 0 Å². The van der Waals surface area contributed by atoms with E-state index in [0.717, 1.165) is 19.3 Å². The summed E-state index contributed by atoms with van der Waals surface area (Å²) in [6.45, 7) is 0. The highest BCUT2D eigenvalue weighted by Crippen LogP contribution is 2.40. The van der Waals surface area contributed by atoms with Crippen molar-refractivity contribution in [2.75, 3.05) is 6.26 Å².